The SMILES string of the molecule is NNC(=O)c1nc(COc2ccc(Br)cc2Br)cs1. The molecule has 1 heterocycles. The van der Waals surface area contributed by atoms with E-state index < -0.39 is 5.91 Å². The molecule has 1 amide bonds. The van der Waals surface area contributed by atoms with E-state index in [1.54, 1.807) is 5.38 Å². The van der Waals surface area contributed by atoms with E-state index in [-0.39, 0.29) is 6.61 Å². The largest absolute Gasteiger partial charge is 0.486 e. The van der Waals surface area contributed by atoms with Crippen molar-refractivity contribution in [2.45, 2.75) is 6.61 Å². The lowest BCUT2D eigenvalue weighted by atomic mass is 10.3. The van der Waals surface area contributed by atoms with Gasteiger partial charge in [0.15, 0.2) is 5.01 Å². The molecule has 3 N–H and O–H groups in total. The van der Waals surface area contributed by atoms with Crippen molar-refractivity contribution >= 4 is 49.1 Å². The number of hydrogen-bond donors (Lipinski definition) is 2. The summed E-state index contributed by atoms with van der Waals surface area (Å²) in [5.41, 5.74) is 2.72. The number of nitrogens with one attached hydrogen (secondary N) is 1. The fraction of sp³-hybridized carbons (Fsp3) is 0.0909. The van der Waals surface area contributed by atoms with Gasteiger partial charge in [-0.2, -0.15) is 0 Å². The van der Waals surface area contributed by atoms with Crippen molar-refractivity contribution in [3.05, 3.63) is 43.2 Å². The highest BCUT2D eigenvalue weighted by molar-refractivity contribution is 9.11. The number of aromatic nitrogens is 1. The van der Waals surface area contributed by atoms with Gasteiger partial charge in [-0.25, -0.2) is 10.8 Å². The Morgan fingerprint density at radius 2 is 2.26 bits per heavy atom. The van der Waals surface area contributed by atoms with Gasteiger partial charge in [-0.1, -0.05) is 15.9 Å². The molecule has 0 saturated carbocycles. The molecule has 0 spiro atoms. The molecule has 0 aliphatic rings. The fourth-order valence-corrected chi connectivity index (χ4v) is 3.15. The van der Waals surface area contributed by atoms with Crippen LogP contribution in [0.2, 0.25) is 0 Å². The van der Waals surface area contributed by atoms with E-state index >= 15 is 0 Å². The van der Waals surface area contributed by atoms with Crippen LogP contribution >= 0.6 is 43.2 Å². The molecular formula is C11H9Br2N3O2S. The minimum atomic E-state index is -0.402. The molecule has 0 aliphatic carbocycles. The topological polar surface area (TPSA) is 77.2 Å². The zero-order chi connectivity index (χ0) is 13.8. The Morgan fingerprint density at radius 1 is 1.47 bits per heavy atom. The third-order valence-electron chi connectivity index (χ3n) is 2.15. The number of nitrogen functional groups attached to an aromatic ring is 1. The first-order valence-electron chi connectivity index (χ1n) is 5.13. The van der Waals surface area contributed by atoms with Gasteiger partial charge in [-0.15, -0.1) is 11.3 Å². The summed E-state index contributed by atoms with van der Waals surface area (Å²) in [4.78, 5) is 15.4. The molecule has 0 bridgehead atoms. The van der Waals surface area contributed by atoms with Gasteiger partial charge >= 0.3 is 0 Å². The third-order valence-corrected chi connectivity index (χ3v) is 4.15. The number of hydrazine groups is 1. The zero-order valence-corrected chi connectivity index (χ0v) is 13.5. The first-order valence-corrected chi connectivity index (χ1v) is 7.60. The molecular weight excluding hydrogens is 398 g/mol. The molecule has 2 rings (SSSR count). The van der Waals surface area contributed by atoms with Crippen molar-refractivity contribution in [1.29, 1.82) is 0 Å². The van der Waals surface area contributed by atoms with Gasteiger partial charge in [0, 0.05) is 9.85 Å². The predicted molar refractivity (Wildman–Crippen MR) is 79.9 cm³/mol. The Labute approximate surface area is 130 Å². The molecule has 5 nitrogen and oxygen atoms in total. The number of amides is 1. The molecule has 1 aromatic heterocycles. The lowest BCUT2D eigenvalue weighted by molar-refractivity contribution is 0.0953. The van der Waals surface area contributed by atoms with Crippen LogP contribution in [0.4, 0.5) is 0 Å². The molecule has 2 aromatic rings. The average Bonchev–Trinajstić information content (AvgIpc) is 2.85. The Kier molecular flexibility index (Phi) is 4.92. The van der Waals surface area contributed by atoms with E-state index in [1.807, 2.05) is 23.6 Å². The number of thiazole rings is 1. The summed E-state index contributed by atoms with van der Waals surface area (Å²) < 4.78 is 7.42. The molecule has 0 atom stereocenters. The maximum absolute atomic E-state index is 11.3. The Hall–Kier alpha value is -0.960. The number of nitrogens with zero attached hydrogens (tertiary/aromatic N) is 1. The monoisotopic (exact) mass is 405 g/mol. The summed E-state index contributed by atoms with van der Waals surface area (Å²) in [6.07, 6.45) is 0. The second-order valence-corrected chi connectivity index (χ2v) is 6.11. The van der Waals surface area contributed by atoms with Crippen molar-refractivity contribution in [2.75, 3.05) is 0 Å². The van der Waals surface area contributed by atoms with Crippen molar-refractivity contribution in [3.8, 4) is 5.75 Å². The van der Waals surface area contributed by atoms with Crippen LogP contribution < -0.4 is 16.0 Å². The Morgan fingerprint density at radius 3 is 2.95 bits per heavy atom. The summed E-state index contributed by atoms with van der Waals surface area (Å²) in [5.74, 6) is 5.35. The summed E-state index contributed by atoms with van der Waals surface area (Å²) in [5, 5.41) is 2.08. The van der Waals surface area contributed by atoms with Crippen molar-refractivity contribution in [2.24, 2.45) is 5.84 Å². The van der Waals surface area contributed by atoms with Crippen LogP contribution in [-0.2, 0) is 6.61 Å². The number of nitrogens with two attached hydrogens (primary N) is 1. The van der Waals surface area contributed by atoms with Crippen LogP contribution in [0.25, 0.3) is 0 Å². The molecule has 0 aliphatic heterocycles. The maximum atomic E-state index is 11.3. The predicted octanol–water partition coefficient (Wildman–Crippen LogP) is 2.85. The molecule has 0 radical (unpaired) electrons. The highest BCUT2D eigenvalue weighted by atomic mass is 79.9. The number of rotatable bonds is 4. The Balaban J connectivity index is 2.02. The highest BCUT2D eigenvalue weighted by Crippen LogP contribution is 2.28. The third kappa shape index (κ3) is 3.75. The average molecular weight is 407 g/mol. The molecule has 0 unspecified atom stereocenters. The van der Waals surface area contributed by atoms with Crippen LogP contribution in [0.15, 0.2) is 32.5 Å². The molecule has 0 saturated heterocycles. The van der Waals surface area contributed by atoms with Gasteiger partial charge in [-0.3, -0.25) is 10.2 Å². The van der Waals surface area contributed by atoms with Crippen LogP contribution in [0.5, 0.6) is 5.75 Å². The van der Waals surface area contributed by atoms with Crippen molar-refractivity contribution < 1.29 is 9.53 Å². The Bertz CT molecular complexity index is 603. The van der Waals surface area contributed by atoms with Gasteiger partial charge in [0.1, 0.15) is 12.4 Å². The van der Waals surface area contributed by atoms with Crippen LogP contribution in [0.1, 0.15) is 15.5 Å². The van der Waals surface area contributed by atoms with Gasteiger partial charge in [-0.05, 0) is 34.1 Å². The number of ether oxygens (including phenoxy) is 1. The van der Waals surface area contributed by atoms with Crippen LogP contribution in [0, 0.1) is 0 Å². The minimum Gasteiger partial charge on any atom is -0.486 e. The zero-order valence-electron chi connectivity index (χ0n) is 9.52. The number of benzene rings is 1. The van der Waals surface area contributed by atoms with Gasteiger partial charge in [0.2, 0.25) is 0 Å². The standard InChI is InChI=1S/C11H9Br2N3O2S/c12-6-1-2-9(8(13)3-6)18-4-7-5-19-11(15-7)10(17)16-14/h1-3,5H,4,14H2,(H,16,17). The highest BCUT2D eigenvalue weighted by Gasteiger charge is 2.10. The van der Waals surface area contributed by atoms with E-state index in [1.165, 1.54) is 11.3 Å². The lowest BCUT2D eigenvalue weighted by Gasteiger charge is -2.06. The van der Waals surface area contributed by atoms with E-state index in [0.717, 1.165) is 8.95 Å². The smallest absolute Gasteiger partial charge is 0.294 e. The maximum Gasteiger partial charge on any atom is 0.294 e. The number of carbonyl (C=O) groups is 1. The molecule has 8 heteroatoms. The first-order chi connectivity index (χ1) is 9.10. The summed E-state index contributed by atoms with van der Waals surface area (Å²) in [6.45, 7) is 0.286. The second kappa shape index (κ2) is 6.47. The van der Waals surface area contributed by atoms with Gasteiger partial charge in [0.25, 0.3) is 5.91 Å². The lowest BCUT2D eigenvalue weighted by Crippen LogP contribution is -2.29. The molecule has 100 valence electrons. The fourth-order valence-electron chi connectivity index (χ4n) is 1.28. The van der Waals surface area contributed by atoms with E-state index in [2.05, 4.69) is 36.8 Å². The number of carbonyl (C=O) groups excluding carboxylic acids is 1. The van der Waals surface area contributed by atoms with E-state index in [9.17, 15) is 4.79 Å². The first kappa shape index (κ1) is 14.4. The van der Waals surface area contributed by atoms with Gasteiger partial charge < -0.3 is 4.74 Å². The van der Waals surface area contributed by atoms with Crippen molar-refractivity contribution in [1.82, 2.24) is 10.4 Å². The van der Waals surface area contributed by atoms with E-state index in [0.29, 0.717) is 16.5 Å². The van der Waals surface area contributed by atoms with Crippen LogP contribution in [-0.4, -0.2) is 10.9 Å². The molecule has 0 fully saturated rings. The van der Waals surface area contributed by atoms with E-state index in [4.69, 9.17) is 10.6 Å². The normalized spacial score (nSPS) is 10.3. The summed E-state index contributed by atoms with van der Waals surface area (Å²) in [7, 11) is 0. The molecule has 1 aromatic carbocycles. The second-order valence-electron chi connectivity index (χ2n) is 3.48. The quantitative estimate of drug-likeness (QED) is 0.465. The number of halogens is 2. The number of hydrogen-bond acceptors (Lipinski definition) is 5. The van der Waals surface area contributed by atoms with Crippen molar-refractivity contribution in [3.63, 3.8) is 0 Å². The summed E-state index contributed by atoms with van der Waals surface area (Å²) in [6, 6.07) is 5.62. The molecule has 19 heavy (non-hydrogen) atoms. The summed E-state index contributed by atoms with van der Waals surface area (Å²) >= 11 is 8.00. The minimum absolute atomic E-state index is 0.286. The van der Waals surface area contributed by atoms with Gasteiger partial charge in [0.05, 0.1) is 10.2 Å². The van der Waals surface area contributed by atoms with Crippen LogP contribution in [0.3, 0.4) is 0 Å².